The van der Waals surface area contributed by atoms with Gasteiger partial charge in [-0.3, -0.25) is 9.69 Å². The van der Waals surface area contributed by atoms with Gasteiger partial charge >= 0.3 is 0 Å². The topological polar surface area (TPSA) is 77.9 Å². The molecule has 2 aliphatic heterocycles. The molecule has 2 heterocycles. The molecule has 0 unspecified atom stereocenters. The van der Waals surface area contributed by atoms with Crippen LogP contribution in [0.2, 0.25) is 5.02 Å². The highest BCUT2D eigenvalue weighted by Gasteiger charge is 2.49. The summed E-state index contributed by atoms with van der Waals surface area (Å²) in [5.41, 5.74) is 0.924. The first-order chi connectivity index (χ1) is 11.8. The van der Waals surface area contributed by atoms with Crippen molar-refractivity contribution in [1.29, 1.82) is 0 Å². The monoisotopic (exact) mass is 384 g/mol. The van der Waals surface area contributed by atoms with Gasteiger partial charge in [-0.15, -0.1) is 0 Å². The highest BCUT2D eigenvalue weighted by molar-refractivity contribution is 7.91. The molecule has 3 fully saturated rings. The molecule has 0 spiro atoms. The van der Waals surface area contributed by atoms with Crippen molar-refractivity contribution in [2.75, 3.05) is 24.6 Å². The van der Waals surface area contributed by atoms with Gasteiger partial charge in [-0.2, -0.15) is 0 Å². The van der Waals surface area contributed by atoms with Crippen LogP contribution in [0.5, 0.6) is 5.75 Å². The highest BCUT2D eigenvalue weighted by Crippen LogP contribution is 2.36. The Bertz CT molecular complexity index is 809. The molecule has 1 aromatic carbocycles. The molecule has 1 N–H and O–H groups in total. The number of hydrogen-bond donors (Lipinski definition) is 1. The number of halogens is 1. The maximum absolute atomic E-state index is 12.5. The van der Waals surface area contributed by atoms with Gasteiger partial charge in [-0.25, -0.2) is 8.42 Å². The van der Waals surface area contributed by atoms with Crippen molar-refractivity contribution in [3.63, 3.8) is 0 Å². The van der Waals surface area contributed by atoms with Crippen LogP contribution >= 0.6 is 11.6 Å². The van der Waals surface area contributed by atoms with E-state index in [-0.39, 0.29) is 46.2 Å². The molecule has 2 saturated heterocycles. The predicted octanol–water partition coefficient (Wildman–Crippen LogP) is 1.27. The van der Waals surface area contributed by atoms with E-state index in [0.717, 1.165) is 18.4 Å². The molecule has 1 aromatic rings. The Morgan fingerprint density at radius 2 is 1.92 bits per heavy atom. The quantitative estimate of drug-likeness (QED) is 0.849. The number of fused-ring (bicyclic) bond motifs is 1. The first kappa shape index (κ1) is 17.1. The summed E-state index contributed by atoms with van der Waals surface area (Å²) in [6, 6.07) is 4.62. The molecule has 25 heavy (non-hydrogen) atoms. The van der Waals surface area contributed by atoms with Crippen LogP contribution in [-0.2, 0) is 21.2 Å². The largest absolute Gasteiger partial charge is 0.506 e. The minimum absolute atomic E-state index is 0.0339. The van der Waals surface area contributed by atoms with E-state index in [1.54, 1.807) is 18.2 Å². The van der Waals surface area contributed by atoms with Gasteiger partial charge in [0.1, 0.15) is 5.75 Å². The van der Waals surface area contributed by atoms with Crippen molar-refractivity contribution in [3.05, 3.63) is 28.8 Å². The third-order valence-electron chi connectivity index (χ3n) is 5.40. The molecule has 1 aliphatic carbocycles. The third-order valence-corrected chi connectivity index (χ3v) is 7.40. The summed E-state index contributed by atoms with van der Waals surface area (Å²) in [5, 5.41) is 9.84. The summed E-state index contributed by atoms with van der Waals surface area (Å²) in [7, 11) is -3.14. The second-order valence-corrected chi connectivity index (χ2v) is 9.83. The Morgan fingerprint density at radius 3 is 2.60 bits per heavy atom. The van der Waals surface area contributed by atoms with Gasteiger partial charge in [0.15, 0.2) is 9.84 Å². The Labute approximate surface area is 152 Å². The summed E-state index contributed by atoms with van der Waals surface area (Å²) < 4.78 is 24.5. The van der Waals surface area contributed by atoms with Gasteiger partial charge in [0, 0.05) is 31.6 Å². The van der Waals surface area contributed by atoms with E-state index in [0.29, 0.717) is 19.6 Å². The van der Waals surface area contributed by atoms with Crippen LogP contribution in [0, 0.1) is 5.92 Å². The lowest BCUT2D eigenvalue weighted by Gasteiger charge is -2.44. The average molecular weight is 385 g/mol. The fourth-order valence-corrected chi connectivity index (χ4v) is 6.16. The normalized spacial score (nSPS) is 28.8. The Kier molecular flexibility index (Phi) is 4.21. The third kappa shape index (κ3) is 3.37. The van der Waals surface area contributed by atoms with E-state index in [9.17, 15) is 18.3 Å². The van der Waals surface area contributed by atoms with Crippen molar-refractivity contribution in [3.8, 4) is 5.75 Å². The lowest BCUT2D eigenvalue weighted by atomic mass is 10.0. The molecule has 4 rings (SSSR count). The van der Waals surface area contributed by atoms with E-state index in [2.05, 4.69) is 4.90 Å². The Balaban J connectivity index is 1.56. The maximum atomic E-state index is 12.5. The SMILES string of the molecule is O=C(C1CC1)N1CCN(Cc2ccc(O)c(Cl)c2)[C@H]2CS(=O)(=O)C[C@H]21. The van der Waals surface area contributed by atoms with Gasteiger partial charge in [0.2, 0.25) is 5.91 Å². The molecule has 1 saturated carbocycles. The molecular weight excluding hydrogens is 364 g/mol. The lowest BCUT2D eigenvalue weighted by molar-refractivity contribution is -0.138. The van der Waals surface area contributed by atoms with Crippen molar-refractivity contribution in [2.24, 2.45) is 5.92 Å². The molecule has 0 radical (unpaired) electrons. The van der Waals surface area contributed by atoms with E-state index in [4.69, 9.17) is 11.6 Å². The molecule has 0 bridgehead atoms. The highest BCUT2D eigenvalue weighted by atomic mass is 35.5. The summed E-state index contributed by atoms with van der Waals surface area (Å²) >= 11 is 5.98. The standard InChI is InChI=1S/C17H21ClN2O4S/c18-13-7-11(1-4-16(13)21)8-19-5-6-20(17(22)12-2-3-12)15-10-25(23,24)9-14(15)19/h1,4,7,12,14-15,21H,2-3,5-6,8-10H2/t14-,15+/m0/s1. The maximum Gasteiger partial charge on any atom is 0.226 e. The van der Waals surface area contributed by atoms with Gasteiger partial charge in [-0.1, -0.05) is 17.7 Å². The summed E-state index contributed by atoms with van der Waals surface area (Å²) in [5.74, 6) is 0.415. The first-order valence-electron chi connectivity index (χ1n) is 8.56. The Hall–Kier alpha value is -1.31. The second-order valence-electron chi connectivity index (χ2n) is 7.27. The summed E-state index contributed by atoms with van der Waals surface area (Å²) in [4.78, 5) is 16.5. The first-order valence-corrected chi connectivity index (χ1v) is 10.8. The van der Waals surface area contributed by atoms with E-state index in [1.807, 2.05) is 4.90 Å². The Morgan fingerprint density at radius 1 is 1.20 bits per heavy atom. The van der Waals surface area contributed by atoms with Crippen LogP contribution in [0.4, 0.5) is 0 Å². The minimum atomic E-state index is -3.14. The summed E-state index contributed by atoms with van der Waals surface area (Å²) in [6.45, 7) is 1.77. The number of rotatable bonds is 3. The predicted molar refractivity (Wildman–Crippen MR) is 94.2 cm³/mol. The van der Waals surface area contributed by atoms with Crippen LogP contribution in [-0.4, -0.2) is 65.9 Å². The zero-order valence-electron chi connectivity index (χ0n) is 13.8. The number of carbonyl (C=O) groups excluding carboxylic acids is 1. The van der Waals surface area contributed by atoms with Crippen LogP contribution < -0.4 is 0 Å². The molecule has 0 aromatic heterocycles. The number of amides is 1. The number of sulfone groups is 1. The smallest absolute Gasteiger partial charge is 0.226 e. The van der Waals surface area contributed by atoms with E-state index >= 15 is 0 Å². The van der Waals surface area contributed by atoms with Crippen molar-refractivity contribution in [2.45, 2.75) is 31.5 Å². The number of phenols is 1. The number of nitrogens with zero attached hydrogens (tertiary/aromatic N) is 2. The van der Waals surface area contributed by atoms with E-state index in [1.165, 1.54) is 0 Å². The minimum Gasteiger partial charge on any atom is -0.506 e. The molecule has 6 nitrogen and oxygen atoms in total. The van der Waals surface area contributed by atoms with Gasteiger partial charge in [-0.05, 0) is 30.5 Å². The van der Waals surface area contributed by atoms with Crippen LogP contribution in [0.3, 0.4) is 0 Å². The van der Waals surface area contributed by atoms with Crippen molar-refractivity contribution >= 4 is 27.3 Å². The zero-order valence-corrected chi connectivity index (χ0v) is 15.3. The van der Waals surface area contributed by atoms with Crippen LogP contribution in [0.25, 0.3) is 0 Å². The van der Waals surface area contributed by atoms with Crippen molar-refractivity contribution in [1.82, 2.24) is 9.80 Å². The molecule has 3 aliphatic rings. The molecule has 136 valence electrons. The zero-order chi connectivity index (χ0) is 17.8. The number of phenolic OH excluding ortho intramolecular Hbond substituents is 1. The number of benzene rings is 1. The van der Waals surface area contributed by atoms with Gasteiger partial charge in [0.05, 0.1) is 22.6 Å². The molecule has 1 amide bonds. The number of piperazine rings is 1. The van der Waals surface area contributed by atoms with E-state index < -0.39 is 9.84 Å². The number of hydrogen-bond acceptors (Lipinski definition) is 5. The molecular formula is C17H21ClN2O4S. The number of carbonyl (C=O) groups is 1. The van der Waals surface area contributed by atoms with Gasteiger partial charge < -0.3 is 10.0 Å². The summed E-state index contributed by atoms with van der Waals surface area (Å²) in [6.07, 6.45) is 1.85. The van der Waals surface area contributed by atoms with Crippen LogP contribution in [0.1, 0.15) is 18.4 Å². The van der Waals surface area contributed by atoms with Crippen LogP contribution in [0.15, 0.2) is 18.2 Å². The molecule has 8 heteroatoms. The van der Waals surface area contributed by atoms with Crippen molar-refractivity contribution < 1.29 is 18.3 Å². The number of aromatic hydroxyl groups is 1. The lowest BCUT2D eigenvalue weighted by Crippen LogP contribution is -2.60. The molecule has 2 atom stereocenters. The van der Waals surface area contributed by atoms with Gasteiger partial charge in [0.25, 0.3) is 0 Å². The average Bonchev–Trinajstić information content (AvgIpc) is 3.33. The fraction of sp³-hybridized carbons (Fsp3) is 0.588. The fourth-order valence-electron chi connectivity index (χ4n) is 3.94. The second kappa shape index (κ2) is 6.14.